The number of aliphatic imine (C=N–C) groups is 1. The smallest absolute Gasteiger partial charge is 0.191 e. The number of nitrogens with zero attached hydrogens (tertiary/aromatic N) is 1. The molecule has 0 fully saturated rings. The number of rotatable bonds is 7. The first-order chi connectivity index (χ1) is 12.2. The zero-order valence-corrected chi connectivity index (χ0v) is 14.9. The van der Waals surface area contributed by atoms with Crippen molar-refractivity contribution in [1.29, 1.82) is 0 Å². The molecule has 0 saturated heterocycles. The average molecular weight is 343 g/mol. The summed E-state index contributed by atoms with van der Waals surface area (Å²) in [6.45, 7) is 1.20. The Morgan fingerprint density at radius 3 is 2.32 bits per heavy atom. The van der Waals surface area contributed by atoms with Gasteiger partial charge in [-0.15, -0.1) is 0 Å². The normalized spacial score (nSPS) is 11.1. The summed E-state index contributed by atoms with van der Waals surface area (Å²) in [5, 5.41) is 16.4. The van der Waals surface area contributed by atoms with E-state index >= 15 is 0 Å². The Hall–Kier alpha value is -2.89. The maximum atomic E-state index is 9.92. The molecule has 0 bridgehead atoms. The first-order valence-electron chi connectivity index (χ1n) is 8.09. The van der Waals surface area contributed by atoms with Crippen molar-refractivity contribution in [3.63, 3.8) is 0 Å². The first kappa shape index (κ1) is 18.4. The van der Waals surface area contributed by atoms with Crippen LogP contribution in [0.5, 0.6) is 17.2 Å². The molecule has 6 heteroatoms. The van der Waals surface area contributed by atoms with Crippen molar-refractivity contribution in [2.24, 2.45) is 4.99 Å². The number of phenols is 1. The first-order valence-corrected chi connectivity index (χ1v) is 8.09. The van der Waals surface area contributed by atoms with Gasteiger partial charge in [0, 0.05) is 25.7 Å². The van der Waals surface area contributed by atoms with Crippen LogP contribution in [0, 0.1) is 0 Å². The van der Waals surface area contributed by atoms with E-state index in [0.717, 1.165) is 24.3 Å². The molecule has 0 amide bonds. The molecule has 2 aromatic carbocycles. The fraction of sp³-hybridized carbons (Fsp3) is 0.316. The topological polar surface area (TPSA) is 75.1 Å². The number of guanidine groups is 1. The Labute approximate surface area is 148 Å². The predicted octanol–water partition coefficient (Wildman–Crippen LogP) is 2.32. The zero-order chi connectivity index (χ0) is 18.1. The number of ether oxygens (including phenoxy) is 2. The second-order valence-electron chi connectivity index (χ2n) is 5.45. The van der Waals surface area contributed by atoms with Gasteiger partial charge in [-0.05, 0) is 42.3 Å². The van der Waals surface area contributed by atoms with Crippen LogP contribution in [0.2, 0.25) is 0 Å². The van der Waals surface area contributed by atoms with Crippen LogP contribution in [0.15, 0.2) is 47.5 Å². The number of hydrogen-bond acceptors (Lipinski definition) is 4. The summed E-state index contributed by atoms with van der Waals surface area (Å²) in [6, 6.07) is 13.1. The monoisotopic (exact) mass is 343 g/mol. The fourth-order valence-corrected chi connectivity index (χ4v) is 2.35. The van der Waals surface area contributed by atoms with E-state index in [0.29, 0.717) is 18.3 Å². The lowest BCUT2D eigenvalue weighted by atomic mass is 10.1. The summed E-state index contributed by atoms with van der Waals surface area (Å²) in [5.41, 5.74) is 1.96. The van der Waals surface area contributed by atoms with Crippen molar-refractivity contribution in [2.75, 3.05) is 27.8 Å². The van der Waals surface area contributed by atoms with Crippen LogP contribution < -0.4 is 20.1 Å². The van der Waals surface area contributed by atoms with Crippen LogP contribution in [-0.2, 0) is 13.0 Å². The Morgan fingerprint density at radius 2 is 1.68 bits per heavy atom. The fourth-order valence-electron chi connectivity index (χ4n) is 2.35. The predicted molar refractivity (Wildman–Crippen MR) is 99.6 cm³/mol. The largest absolute Gasteiger partial charge is 0.508 e. The maximum absolute atomic E-state index is 9.92. The summed E-state index contributed by atoms with van der Waals surface area (Å²) in [4.78, 5) is 4.20. The Balaban J connectivity index is 1.82. The highest BCUT2D eigenvalue weighted by Gasteiger charge is 2.05. The highest BCUT2D eigenvalue weighted by molar-refractivity contribution is 5.79. The number of phenolic OH excluding ortho intramolecular Hbond substituents is 1. The lowest BCUT2D eigenvalue weighted by molar-refractivity contribution is 0.410. The molecule has 0 heterocycles. The van der Waals surface area contributed by atoms with Crippen molar-refractivity contribution in [3.8, 4) is 17.2 Å². The molecule has 0 spiro atoms. The van der Waals surface area contributed by atoms with Gasteiger partial charge in [0.1, 0.15) is 17.2 Å². The third-order valence-corrected chi connectivity index (χ3v) is 3.82. The molecule has 0 unspecified atom stereocenters. The summed E-state index contributed by atoms with van der Waals surface area (Å²) in [7, 11) is 4.98. The highest BCUT2D eigenvalue weighted by Crippen LogP contribution is 2.22. The quantitative estimate of drug-likeness (QED) is 0.531. The number of aromatic hydroxyl groups is 1. The van der Waals surface area contributed by atoms with E-state index in [9.17, 15) is 5.11 Å². The van der Waals surface area contributed by atoms with Crippen molar-refractivity contribution in [2.45, 2.75) is 13.0 Å². The molecule has 0 radical (unpaired) electrons. The van der Waals surface area contributed by atoms with Crippen molar-refractivity contribution in [1.82, 2.24) is 10.6 Å². The molecule has 0 saturated carbocycles. The Bertz CT molecular complexity index is 700. The Morgan fingerprint density at radius 1 is 1.00 bits per heavy atom. The van der Waals surface area contributed by atoms with Gasteiger partial charge in [0.25, 0.3) is 0 Å². The van der Waals surface area contributed by atoms with Crippen molar-refractivity contribution < 1.29 is 14.6 Å². The van der Waals surface area contributed by atoms with Crippen LogP contribution in [0.25, 0.3) is 0 Å². The molecule has 0 aliphatic rings. The molecule has 6 nitrogen and oxygen atoms in total. The maximum Gasteiger partial charge on any atom is 0.191 e. The van der Waals surface area contributed by atoms with Gasteiger partial charge in [0.05, 0.1) is 14.2 Å². The molecular formula is C19H25N3O3. The van der Waals surface area contributed by atoms with E-state index < -0.39 is 0 Å². The average Bonchev–Trinajstić information content (AvgIpc) is 2.66. The van der Waals surface area contributed by atoms with E-state index in [1.165, 1.54) is 5.56 Å². The molecule has 0 atom stereocenters. The third-order valence-electron chi connectivity index (χ3n) is 3.82. The summed E-state index contributed by atoms with van der Waals surface area (Å²) in [5.74, 6) is 2.46. The standard InChI is InChI=1S/C19H25N3O3/c1-20-19(21-11-10-14-4-6-16(24-2)7-5-14)22-13-15-12-17(25-3)8-9-18(15)23/h4-9,12,23H,10-11,13H2,1-3H3,(H2,20,21,22). The van der Waals surface area contributed by atoms with Gasteiger partial charge in [0.2, 0.25) is 0 Å². The molecular weight excluding hydrogens is 318 g/mol. The highest BCUT2D eigenvalue weighted by atomic mass is 16.5. The molecule has 0 aliphatic carbocycles. The van der Waals surface area contributed by atoms with Gasteiger partial charge in [-0.2, -0.15) is 0 Å². The second kappa shape index (κ2) is 9.42. The van der Waals surface area contributed by atoms with Gasteiger partial charge in [-0.25, -0.2) is 0 Å². The van der Waals surface area contributed by atoms with Crippen molar-refractivity contribution >= 4 is 5.96 Å². The van der Waals surface area contributed by atoms with Crippen LogP contribution >= 0.6 is 0 Å². The molecule has 2 rings (SSSR count). The minimum Gasteiger partial charge on any atom is -0.508 e. The second-order valence-corrected chi connectivity index (χ2v) is 5.45. The number of benzene rings is 2. The minimum absolute atomic E-state index is 0.224. The third kappa shape index (κ3) is 5.60. The zero-order valence-electron chi connectivity index (χ0n) is 14.9. The molecule has 2 aromatic rings. The lowest BCUT2D eigenvalue weighted by Crippen LogP contribution is -2.37. The van der Waals surface area contributed by atoms with Gasteiger partial charge in [-0.3, -0.25) is 4.99 Å². The van der Waals surface area contributed by atoms with E-state index in [2.05, 4.69) is 15.6 Å². The lowest BCUT2D eigenvalue weighted by Gasteiger charge is -2.13. The molecule has 0 aromatic heterocycles. The Kier molecular flexibility index (Phi) is 6.95. The molecule has 25 heavy (non-hydrogen) atoms. The van der Waals surface area contributed by atoms with Crippen LogP contribution in [-0.4, -0.2) is 38.9 Å². The SMILES string of the molecule is CN=C(NCCc1ccc(OC)cc1)NCc1cc(OC)ccc1O. The molecule has 0 aliphatic heterocycles. The number of methoxy groups -OCH3 is 2. The minimum atomic E-state index is 0.224. The number of hydrogen-bond donors (Lipinski definition) is 3. The van der Waals surface area contributed by atoms with Gasteiger partial charge < -0.3 is 25.2 Å². The van der Waals surface area contributed by atoms with E-state index in [1.54, 1.807) is 39.5 Å². The van der Waals surface area contributed by atoms with E-state index in [-0.39, 0.29) is 5.75 Å². The van der Waals surface area contributed by atoms with Gasteiger partial charge in [0.15, 0.2) is 5.96 Å². The van der Waals surface area contributed by atoms with Gasteiger partial charge >= 0.3 is 0 Å². The van der Waals surface area contributed by atoms with Gasteiger partial charge in [-0.1, -0.05) is 12.1 Å². The van der Waals surface area contributed by atoms with Crippen LogP contribution in [0.1, 0.15) is 11.1 Å². The molecule has 3 N–H and O–H groups in total. The van der Waals surface area contributed by atoms with Crippen molar-refractivity contribution in [3.05, 3.63) is 53.6 Å². The molecule has 134 valence electrons. The number of nitrogens with one attached hydrogen (secondary N) is 2. The van der Waals surface area contributed by atoms with E-state index in [1.807, 2.05) is 24.3 Å². The van der Waals surface area contributed by atoms with E-state index in [4.69, 9.17) is 9.47 Å². The summed E-state index contributed by atoms with van der Waals surface area (Å²) < 4.78 is 10.3. The van der Waals surface area contributed by atoms with Crippen LogP contribution in [0.3, 0.4) is 0 Å². The van der Waals surface area contributed by atoms with Crippen LogP contribution in [0.4, 0.5) is 0 Å². The summed E-state index contributed by atoms with van der Waals surface area (Å²) >= 11 is 0. The summed E-state index contributed by atoms with van der Waals surface area (Å²) in [6.07, 6.45) is 0.870.